The van der Waals surface area contributed by atoms with Gasteiger partial charge >= 0.3 is 6.03 Å². The van der Waals surface area contributed by atoms with Gasteiger partial charge in [-0.2, -0.15) is 0 Å². The molecule has 0 bridgehead atoms. The monoisotopic (exact) mass is 156 g/mol. The molecule has 1 unspecified atom stereocenters. The third kappa shape index (κ3) is 1.83. The quantitative estimate of drug-likeness (QED) is 0.584. The van der Waals surface area contributed by atoms with E-state index in [1.165, 1.54) is 0 Å². The van der Waals surface area contributed by atoms with E-state index in [-0.39, 0.29) is 6.04 Å². The minimum absolute atomic E-state index is 0.230. The molecule has 1 atom stereocenters. The van der Waals surface area contributed by atoms with Gasteiger partial charge in [0, 0.05) is 25.7 Å². The van der Waals surface area contributed by atoms with Crippen molar-refractivity contribution < 1.29 is 4.79 Å². The van der Waals surface area contributed by atoms with Gasteiger partial charge in [-0.15, -0.1) is 0 Å². The van der Waals surface area contributed by atoms with Crippen molar-refractivity contribution in [2.24, 2.45) is 0 Å². The predicted octanol–water partition coefficient (Wildman–Crippen LogP) is 0.0731. The third-order valence-electron chi connectivity index (χ3n) is 2.08. The Morgan fingerprint density at radius 2 is 2.55 bits per heavy atom. The SMILES string of the molecule is CCC1CNCCN1C([NH])=O. The first kappa shape index (κ1) is 8.33. The van der Waals surface area contributed by atoms with Crippen molar-refractivity contribution in [3.8, 4) is 0 Å². The van der Waals surface area contributed by atoms with Crippen molar-refractivity contribution in [3.63, 3.8) is 0 Å². The highest BCUT2D eigenvalue weighted by Gasteiger charge is 2.22. The van der Waals surface area contributed by atoms with Crippen molar-refractivity contribution in [2.75, 3.05) is 19.6 Å². The van der Waals surface area contributed by atoms with Crippen LogP contribution in [0.3, 0.4) is 0 Å². The topological polar surface area (TPSA) is 56.1 Å². The number of carbonyl (C=O) groups excluding carboxylic acids is 1. The molecule has 1 heterocycles. The third-order valence-corrected chi connectivity index (χ3v) is 2.08. The van der Waals surface area contributed by atoms with Crippen LogP contribution >= 0.6 is 0 Å². The molecular weight excluding hydrogens is 142 g/mol. The standard InChI is InChI=1S/C7H14N3O/c1-2-6-5-9-3-4-10(6)7(8)11/h6,8-9H,2-5H2,1H3. The van der Waals surface area contributed by atoms with Crippen LogP contribution in [0.1, 0.15) is 13.3 Å². The van der Waals surface area contributed by atoms with Crippen LogP contribution in [-0.2, 0) is 0 Å². The summed E-state index contributed by atoms with van der Waals surface area (Å²) in [4.78, 5) is 12.4. The van der Waals surface area contributed by atoms with Crippen LogP contribution in [0.25, 0.3) is 0 Å². The molecule has 63 valence electrons. The molecule has 1 aliphatic heterocycles. The van der Waals surface area contributed by atoms with Crippen LogP contribution in [-0.4, -0.2) is 36.6 Å². The number of hydrogen-bond donors (Lipinski definition) is 1. The summed E-state index contributed by atoms with van der Waals surface area (Å²) in [6, 6.07) is -0.313. The van der Waals surface area contributed by atoms with Gasteiger partial charge in [0.25, 0.3) is 0 Å². The molecule has 0 aliphatic carbocycles. The smallest absolute Gasteiger partial charge is 0.318 e. The second-order valence-electron chi connectivity index (χ2n) is 2.76. The average Bonchev–Trinajstić information content (AvgIpc) is 2.04. The maximum absolute atomic E-state index is 10.7. The number of piperazine rings is 1. The number of nitrogens with one attached hydrogen (secondary N) is 2. The molecule has 0 saturated carbocycles. The van der Waals surface area contributed by atoms with Crippen molar-refractivity contribution in [2.45, 2.75) is 19.4 Å². The van der Waals surface area contributed by atoms with Gasteiger partial charge in [-0.3, -0.25) is 0 Å². The lowest BCUT2D eigenvalue weighted by Crippen LogP contribution is -2.53. The highest BCUT2D eigenvalue weighted by Crippen LogP contribution is 2.05. The number of amides is 2. The zero-order valence-electron chi connectivity index (χ0n) is 6.76. The Labute approximate surface area is 66.7 Å². The fraction of sp³-hybridized carbons (Fsp3) is 0.857. The first-order valence-corrected chi connectivity index (χ1v) is 3.98. The molecule has 0 aromatic heterocycles. The molecule has 4 nitrogen and oxygen atoms in total. The Hall–Kier alpha value is -0.770. The van der Waals surface area contributed by atoms with E-state index >= 15 is 0 Å². The fourth-order valence-electron chi connectivity index (χ4n) is 1.39. The molecule has 1 aliphatic rings. The maximum Gasteiger partial charge on any atom is 0.336 e. The van der Waals surface area contributed by atoms with E-state index in [1.807, 2.05) is 6.92 Å². The summed E-state index contributed by atoms with van der Waals surface area (Å²) in [5.74, 6) is 0. The predicted molar refractivity (Wildman–Crippen MR) is 42.1 cm³/mol. The first-order valence-electron chi connectivity index (χ1n) is 3.98. The van der Waals surface area contributed by atoms with E-state index in [1.54, 1.807) is 4.90 Å². The van der Waals surface area contributed by atoms with Crippen LogP contribution in [0.2, 0.25) is 0 Å². The van der Waals surface area contributed by atoms with Gasteiger partial charge in [-0.05, 0) is 6.42 Å². The van der Waals surface area contributed by atoms with Crippen LogP contribution in [0.15, 0.2) is 0 Å². The fourth-order valence-corrected chi connectivity index (χ4v) is 1.39. The molecule has 1 rings (SSSR count). The second kappa shape index (κ2) is 3.57. The van der Waals surface area contributed by atoms with Crippen molar-refractivity contribution in [3.05, 3.63) is 0 Å². The molecule has 1 saturated heterocycles. The largest absolute Gasteiger partial charge is 0.336 e. The molecule has 0 aromatic carbocycles. The van der Waals surface area contributed by atoms with Crippen LogP contribution in [0.4, 0.5) is 4.79 Å². The summed E-state index contributed by atoms with van der Waals surface area (Å²) in [5, 5.41) is 3.19. The summed E-state index contributed by atoms with van der Waals surface area (Å²) in [6.45, 7) is 4.37. The van der Waals surface area contributed by atoms with Crippen LogP contribution in [0, 0.1) is 0 Å². The molecule has 1 fully saturated rings. The molecule has 2 N–H and O–H groups in total. The van der Waals surface area contributed by atoms with Gasteiger partial charge in [0.05, 0.1) is 0 Å². The van der Waals surface area contributed by atoms with Crippen molar-refractivity contribution in [1.82, 2.24) is 16.0 Å². The zero-order chi connectivity index (χ0) is 8.27. The maximum atomic E-state index is 10.7. The summed E-state index contributed by atoms with van der Waals surface area (Å²) in [6.07, 6.45) is 0.928. The Bertz CT molecular complexity index is 149. The van der Waals surface area contributed by atoms with E-state index in [4.69, 9.17) is 5.73 Å². The van der Waals surface area contributed by atoms with E-state index < -0.39 is 6.03 Å². The van der Waals surface area contributed by atoms with E-state index in [0.29, 0.717) is 6.54 Å². The van der Waals surface area contributed by atoms with Crippen LogP contribution < -0.4 is 11.1 Å². The Morgan fingerprint density at radius 3 is 3.00 bits per heavy atom. The van der Waals surface area contributed by atoms with Gasteiger partial charge in [-0.25, -0.2) is 10.5 Å². The van der Waals surface area contributed by atoms with Gasteiger partial charge in [0.2, 0.25) is 0 Å². The molecule has 1 radical (unpaired) electrons. The summed E-state index contributed by atoms with van der Waals surface area (Å²) < 4.78 is 0. The molecular formula is C7H14N3O. The minimum atomic E-state index is -0.543. The minimum Gasteiger partial charge on any atom is -0.318 e. The van der Waals surface area contributed by atoms with Crippen molar-refractivity contribution in [1.29, 1.82) is 0 Å². The number of hydrogen-bond acceptors (Lipinski definition) is 2. The second-order valence-corrected chi connectivity index (χ2v) is 2.76. The number of carbonyl (C=O) groups is 1. The van der Waals surface area contributed by atoms with E-state index in [2.05, 4.69) is 5.32 Å². The van der Waals surface area contributed by atoms with Gasteiger partial charge in [0.1, 0.15) is 0 Å². The molecule has 2 amide bonds. The number of nitrogens with zero attached hydrogens (tertiary/aromatic N) is 1. The number of urea groups is 1. The van der Waals surface area contributed by atoms with Crippen LogP contribution in [0.5, 0.6) is 0 Å². The highest BCUT2D eigenvalue weighted by molar-refractivity contribution is 5.71. The lowest BCUT2D eigenvalue weighted by atomic mass is 10.1. The molecule has 11 heavy (non-hydrogen) atoms. The number of rotatable bonds is 1. The summed E-state index contributed by atoms with van der Waals surface area (Å²) in [7, 11) is 0. The Kier molecular flexibility index (Phi) is 2.70. The van der Waals surface area contributed by atoms with Gasteiger partial charge < -0.3 is 10.2 Å². The zero-order valence-corrected chi connectivity index (χ0v) is 6.76. The van der Waals surface area contributed by atoms with Crippen molar-refractivity contribution >= 4 is 6.03 Å². The normalized spacial score (nSPS) is 25.2. The van der Waals surface area contributed by atoms with E-state index in [9.17, 15) is 4.79 Å². The lowest BCUT2D eigenvalue weighted by molar-refractivity contribution is 0.163. The summed E-state index contributed by atoms with van der Waals surface area (Å²) in [5.41, 5.74) is 6.97. The average molecular weight is 156 g/mol. The molecule has 0 aromatic rings. The Morgan fingerprint density at radius 1 is 1.82 bits per heavy atom. The molecule has 4 heteroatoms. The first-order chi connectivity index (χ1) is 5.25. The Balaban J connectivity index is 2.51. The van der Waals surface area contributed by atoms with Gasteiger partial charge in [-0.1, -0.05) is 6.92 Å². The van der Waals surface area contributed by atoms with E-state index in [0.717, 1.165) is 19.5 Å². The lowest BCUT2D eigenvalue weighted by Gasteiger charge is -2.33. The molecule has 0 spiro atoms. The van der Waals surface area contributed by atoms with Gasteiger partial charge in [0.15, 0.2) is 0 Å². The summed E-state index contributed by atoms with van der Waals surface area (Å²) >= 11 is 0. The highest BCUT2D eigenvalue weighted by atomic mass is 16.2.